The number of halogens is 1. The highest BCUT2D eigenvalue weighted by Crippen LogP contribution is 2.37. The summed E-state index contributed by atoms with van der Waals surface area (Å²) < 4.78 is 19.7. The zero-order valence-electron chi connectivity index (χ0n) is 27.4. The predicted molar refractivity (Wildman–Crippen MR) is 181 cm³/mol. The van der Waals surface area contributed by atoms with Crippen molar-refractivity contribution in [2.75, 3.05) is 44.8 Å². The molecule has 3 aromatic rings. The van der Waals surface area contributed by atoms with Crippen molar-refractivity contribution < 1.29 is 19.3 Å². The minimum absolute atomic E-state index is 0.232. The first kappa shape index (κ1) is 34.0. The van der Waals surface area contributed by atoms with Crippen molar-refractivity contribution in [1.82, 2.24) is 29.7 Å². The Morgan fingerprint density at radius 2 is 1.90 bits per heavy atom. The van der Waals surface area contributed by atoms with E-state index in [0.717, 1.165) is 93.7 Å². The van der Waals surface area contributed by atoms with Crippen LogP contribution in [0.25, 0.3) is 11.1 Å². The Labute approximate surface area is 285 Å². The number of rotatable bonds is 15. The van der Waals surface area contributed by atoms with Crippen LogP contribution in [0.3, 0.4) is 0 Å². The highest BCUT2D eigenvalue weighted by Gasteiger charge is 2.34. The van der Waals surface area contributed by atoms with Crippen molar-refractivity contribution in [3.63, 3.8) is 0 Å². The first-order chi connectivity index (χ1) is 23.3. The largest absolute Gasteiger partial charge is 0.487 e. The van der Waals surface area contributed by atoms with Crippen molar-refractivity contribution in [3.05, 3.63) is 41.8 Å². The minimum atomic E-state index is -0.629. The number of hydrogen-bond donors (Lipinski definition) is 4. The summed E-state index contributed by atoms with van der Waals surface area (Å²) in [6, 6.07) is 6.31. The van der Waals surface area contributed by atoms with E-state index in [1.807, 2.05) is 29.9 Å². The Balaban J connectivity index is 1.13. The van der Waals surface area contributed by atoms with Gasteiger partial charge in [-0.3, -0.25) is 15.0 Å². The van der Waals surface area contributed by atoms with Crippen molar-refractivity contribution in [3.8, 4) is 22.8 Å². The number of anilines is 2. The lowest BCUT2D eigenvalue weighted by Gasteiger charge is -2.38. The van der Waals surface area contributed by atoms with Gasteiger partial charge in [0.2, 0.25) is 5.95 Å². The Morgan fingerprint density at radius 1 is 1.17 bits per heavy atom. The zero-order valence-corrected chi connectivity index (χ0v) is 28.1. The molecule has 0 bridgehead atoms. The summed E-state index contributed by atoms with van der Waals surface area (Å²) in [6.45, 7) is 6.08. The van der Waals surface area contributed by atoms with Crippen LogP contribution in [0.15, 0.2) is 42.0 Å². The maximum atomic E-state index is 10.6. The first-order valence-electron chi connectivity index (χ1n) is 16.8. The standard InChI is InChI=1S/C33H45ClN10O4/c1-23(20-43(22-35)41-36)48-30-17-24(3-8-28(30)34)25-18-37-32(38-19-25)39-29-21-44(40-31(29)47-14-11-33(45)9-2-10-33)27-6-4-26(5-7-27)42-12-15-46-16-13-42/h3,8,17-19,21-23,26-27,35-36,45H,2,4-7,9-16,20H2,1H3,(H,37,38,39)/t23-,26?,27?/m0/s1. The molecule has 3 fully saturated rings. The van der Waals surface area contributed by atoms with Gasteiger partial charge in [0, 0.05) is 43.5 Å². The molecule has 1 atom stereocenters. The summed E-state index contributed by atoms with van der Waals surface area (Å²) in [5, 5.41) is 31.0. The van der Waals surface area contributed by atoms with Gasteiger partial charge in [-0.1, -0.05) is 22.9 Å². The van der Waals surface area contributed by atoms with Crippen LogP contribution in [-0.4, -0.2) is 98.3 Å². The number of nitrogens with zero attached hydrogens (tertiary/aromatic N) is 7. The lowest BCUT2D eigenvalue weighted by Crippen LogP contribution is -2.45. The smallest absolute Gasteiger partial charge is 0.256 e. The van der Waals surface area contributed by atoms with Gasteiger partial charge in [0.15, 0.2) is 0 Å². The van der Waals surface area contributed by atoms with Crippen LogP contribution in [0.4, 0.5) is 11.6 Å². The van der Waals surface area contributed by atoms with E-state index in [1.54, 1.807) is 18.5 Å². The third kappa shape index (κ3) is 8.41. The molecular weight excluding hydrogens is 636 g/mol. The summed E-state index contributed by atoms with van der Waals surface area (Å²) in [4.78, 5) is 11.7. The Hall–Kier alpha value is -3.85. The minimum Gasteiger partial charge on any atom is -0.487 e. The molecule has 48 heavy (non-hydrogen) atoms. The molecule has 1 saturated heterocycles. The van der Waals surface area contributed by atoms with E-state index in [1.165, 1.54) is 0 Å². The Kier molecular flexibility index (Phi) is 11.0. The van der Waals surface area contributed by atoms with Crippen molar-refractivity contribution >= 4 is 29.6 Å². The van der Waals surface area contributed by atoms with Gasteiger partial charge in [0.25, 0.3) is 5.88 Å². The second-order valence-electron chi connectivity index (χ2n) is 13.0. The monoisotopic (exact) mass is 680 g/mol. The molecular formula is C33H45ClN10O4. The van der Waals surface area contributed by atoms with E-state index in [2.05, 4.69) is 25.4 Å². The fourth-order valence-electron chi connectivity index (χ4n) is 6.63. The van der Waals surface area contributed by atoms with Gasteiger partial charge in [0.1, 0.15) is 23.9 Å². The molecule has 3 heterocycles. The molecule has 14 nitrogen and oxygen atoms in total. The van der Waals surface area contributed by atoms with Gasteiger partial charge < -0.3 is 24.6 Å². The number of aromatic nitrogens is 4. The molecule has 258 valence electrons. The van der Waals surface area contributed by atoms with Gasteiger partial charge >= 0.3 is 0 Å². The highest BCUT2D eigenvalue weighted by atomic mass is 35.5. The average molecular weight is 681 g/mol. The number of benzene rings is 1. The Bertz CT molecular complexity index is 1510. The van der Waals surface area contributed by atoms with Gasteiger partial charge in [-0.05, 0) is 69.6 Å². The average Bonchev–Trinajstić information content (AvgIpc) is 3.50. The van der Waals surface area contributed by atoms with Crippen molar-refractivity contribution in [2.24, 2.45) is 5.22 Å². The van der Waals surface area contributed by atoms with Gasteiger partial charge in [-0.15, -0.1) is 5.10 Å². The van der Waals surface area contributed by atoms with E-state index in [0.29, 0.717) is 47.4 Å². The molecule has 6 rings (SSSR count). The van der Waals surface area contributed by atoms with E-state index < -0.39 is 5.60 Å². The molecule has 1 aromatic carbocycles. The van der Waals surface area contributed by atoms with Crippen LogP contribution in [0.5, 0.6) is 11.6 Å². The van der Waals surface area contributed by atoms with E-state index in [9.17, 15) is 5.11 Å². The van der Waals surface area contributed by atoms with Crippen LogP contribution >= 0.6 is 11.6 Å². The van der Waals surface area contributed by atoms with Crippen molar-refractivity contribution in [1.29, 1.82) is 10.9 Å². The van der Waals surface area contributed by atoms with Crippen LogP contribution < -0.4 is 14.8 Å². The third-order valence-electron chi connectivity index (χ3n) is 9.60. The van der Waals surface area contributed by atoms with Crippen molar-refractivity contribution in [2.45, 2.75) is 82.1 Å². The maximum Gasteiger partial charge on any atom is 0.256 e. The van der Waals surface area contributed by atoms with Crippen LogP contribution in [-0.2, 0) is 4.74 Å². The lowest BCUT2D eigenvalue weighted by atomic mass is 9.78. The summed E-state index contributed by atoms with van der Waals surface area (Å²) in [7, 11) is 0. The van der Waals surface area contributed by atoms with Crippen LogP contribution in [0.2, 0.25) is 5.02 Å². The quantitative estimate of drug-likeness (QED) is 0.0660. The predicted octanol–water partition coefficient (Wildman–Crippen LogP) is 5.86. The number of nitrogens with one attached hydrogen (secondary N) is 3. The summed E-state index contributed by atoms with van der Waals surface area (Å²) in [5.74, 6) is 1.36. The highest BCUT2D eigenvalue weighted by molar-refractivity contribution is 6.32. The fourth-order valence-corrected chi connectivity index (χ4v) is 6.79. The molecule has 3 aliphatic rings. The number of morpholine rings is 1. The van der Waals surface area contributed by atoms with E-state index in [-0.39, 0.29) is 18.7 Å². The van der Waals surface area contributed by atoms with Gasteiger partial charge in [0.05, 0.1) is 49.2 Å². The molecule has 4 N–H and O–H groups in total. The van der Waals surface area contributed by atoms with Crippen LogP contribution in [0, 0.1) is 10.9 Å². The third-order valence-corrected chi connectivity index (χ3v) is 9.92. The number of ether oxygens (including phenoxy) is 3. The normalized spacial score (nSPS) is 21.5. The fraction of sp³-hybridized carbons (Fsp3) is 0.576. The molecule has 2 aliphatic carbocycles. The van der Waals surface area contributed by atoms with E-state index in [4.69, 9.17) is 41.9 Å². The molecule has 2 saturated carbocycles. The second-order valence-corrected chi connectivity index (χ2v) is 13.4. The molecule has 15 heteroatoms. The zero-order chi connectivity index (χ0) is 33.5. The van der Waals surface area contributed by atoms with Gasteiger partial charge in [-0.2, -0.15) is 5.53 Å². The SMILES string of the molecule is C[C@@H](CN(C=N)N=N)Oc1cc(-c2cnc(Nc3cn(C4CCC(N5CCOCC5)CC4)nc3OCCC3(O)CCC3)nc2)ccc1Cl. The van der Waals surface area contributed by atoms with Gasteiger partial charge in [-0.25, -0.2) is 15.0 Å². The molecule has 0 unspecified atom stereocenters. The summed E-state index contributed by atoms with van der Waals surface area (Å²) in [6.07, 6.45) is 13.6. The molecule has 2 aromatic heterocycles. The van der Waals surface area contributed by atoms with Crippen LogP contribution in [0.1, 0.15) is 64.3 Å². The second kappa shape index (κ2) is 15.6. The number of hydrogen-bond acceptors (Lipinski definition) is 12. The maximum absolute atomic E-state index is 10.6. The molecule has 0 spiro atoms. The molecule has 0 amide bonds. The number of aliphatic hydroxyl groups is 1. The lowest BCUT2D eigenvalue weighted by molar-refractivity contribution is -0.0485. The molecule has 0 radical (unpaired) electrons. The summed E-state index contributed by atoms with van der Waals surface area (Å²) >= 11 is 6.41. The first-order valence-corrected chi connectivity index (χ1v) is 17.2. The topological polar surface area (TPSA) is 170 Å². The van der Waals surface area contributed by atoms with E-state index >= 15 is 0 Å². The Morgan fingerprint density at radius 3 is 2.56 bits per heavy atom. The summed E-state index contributed by atoms with van der Waals surface area (Å²) in [5.41, 5.74) is 8.80. The molecule has 1 aliphatic heterocycles.